The molecule has 4 aliphatic carbocycles. The summed E-state index contributed by atoms with van der Waals surface area (Å²) < 4.78 is 0. The average Bonchev–Trinajstić information content (AvgIpc) is 2.73. The zero-order chi connectivity index (χ0) is 12.3. The van der Waals surface area contributed by atoms with Gasteiger partial charge in [0.15, 0.2) is 0 Å². The van der Waals surface area contributed by atoms with Crippen LogP contribution in [0.4, 0.5) is 0 Å². The highest BCUT2D eigenvalue weighted by atomic mass is 35.5. The minimum Gasteiger partial charge on any atom is -0.353 e. The average molecular weight is 285 g/mol. The van der Waals surface area contributed by atoms with Crippen molar-refractivity contribution >= 4 is 18.3 Å². The Bertz CT molecular complexity index is 359. The van der Waals surface area contributed by atoms with Crippen LogP contribution in [0, 0.1) is 35.5 Å². The van der Waals surface area contributed by atoms with Crippen LogP contribution in [0.25, 0.3) is 0 Å². The maximum atomic E-state index is 12.4. The number of rotatable bonds is 3. The topological polar surface area (TPSA) is 55.1 Å². The third-order valence-corrected chi connectivity index (χ3v) is 6.33. The van der Waals surface area contributed by atoms with E-state index in [-0.39, 0.29) is 12.4 Å². The van der Waals surface area contributed by atoms with Crippen molar-refractivity contribution in [3.8, 4) is 0 Å². The van der Waals surface area contributed by atoms with Crippen molar-refractivity contribution in [3.05, 3.63) is 0 Å². The molecule has 0 aromatic carbocycles. The number of carbonyl (C=O) groups excluding carboxylic acids is 1. The van der Waals surface area contributed by atoms with E-state index >= 15 is 0 Å². The maximum Gasteiger partial charge on any atom is 0.223 e. The van der Waals surface area contributed by atoms with Gasteiger partial charge in [-0.15, -0.1) is 12.4 Å². The largest absolute Gasteiger partial charge is 0.353 e. The normalized spacial score (nSPS) is 49.6. The van der Waals surface area contributed by atoms with Crippen LogP contribution in [0.3, 0.4) is 0 Å². The summed E-state index contributed by atoms with van der Waals surface area (Å²) in [5, 5.41) is 3.32. The van der Waals surface area contributed by atoms with Crippen molar-refractivity contribution in [2.75, 3.05) is 6.54 Å². The molecule has 1 amide bonds. The Morgan fingerprint density at radius 2 is 1.79 bits per heavy atom. The molecule has 0 heterocycles. The van der Waals surface area contributed by atoms with Gasteiger partial charge in [-0.05, 0) is 68.2 Å². The van der Waals surface area contributed by atoms with E-state index in [1.807, 2.05) is 0 Å². The van der Waals surface area contributed by atoms with Crippen LogP contribution in [0.2, 0.25) is 0 Å². The number of amides is 1. The van der Waals surface area contributed by atoms with Crippen LogP contribution < -0.4 is 11.1 Å². The smallest absolute Gasteiger partial charge is 0.223 e. The fourth-order valence-corrected chi connectivity index (χ4v) is 5.46. The van der Waals surface area contributed by atoms with Crippen molar-refractivity contribution in [1.82, 2.24) is 5.32 Å². The molecule has 4 heteroatoms. The Balaban J connectivity index is 0.00000110. The first-order valence-electron chi connectivity index (χ1n) is 7.80. The molecule has 3 nitrogen and oxygen atoms in total. The Hall–Kier alpha value is -0.280. The van der Waals surface area contributed by atoms with Crippen molar-refractivity contribution in [1.29, 1.82) is 0 Å². The molecule has 6 unspecified atom stereocenters. The lowest BCUT2D eigenvalue weighted by atomic mass is 10.0. The zero-order valence-corrected chi connectivity index (χ0v) is 12.2. The first-order chi connectivity index (χ1) is 8.79. The van der Waals surface area contributed by atoms with Gasteiger partial charge in [0.25, 0.3) is 0 Å². The minimum atomic E-state index is 0. The van der Waals surface area contributed by atoms with Gasteiger partial charge in [-0.1, -0.05) is 6.42 Å². The third-order valence-electron chi connectivity index (χ3n) is 6.33. The van der Waals surface area contributed by atoms with Gasteiger partial charge in [-0.2, -0.15) is 0 Å². The lowest BCUT2D eigenvalue weighted by molar-refractivity contribution is -0.124. The van der Waals surface area contributed by atoms with Crippen molar-refractivity contribution in [3.63, 3.8) is 0 Å². The zero-order valence-electron chi connectivity index (χ0n) is 11.4. The van der Waals surface area contributed by atoms with E-state index in [2.05, 4.69) is 5.32 Å². The lowest BCUT2D eigenvalue weighted by Gasteiger charge is -2.20. The van der Waals surface area contributed by atoms with Gasteiger partial charge in [0.05, 0.1) is 0 Å². The molecular weight excluding hydrogens is 260 g/mol. The summed E-state index contributed by atoms with van der Waals surface area (Å²) in [6.07, 6.45) is 7.78. The molecule has 0 aliphatic heterocycles. The molecule has 4 saturated carbocycles. The number of fused-ring (bicyclic) bond motifs is 5. The van der Waals surface area contributed by atoms with Crippen molar-refractivity contribution in [2.45, 2.75) is 44.6 Å². The molecule has 0 spiro atoms. The number of carbonyl (C=O) groups is 1. The first-order valence-corrected chi connectivity index (χ1v) is 7.80. The van der Waals surface area contributed by atoms with Crippen LogP contribution in [0.5, 0.6) is 0 Å². The summed E-state index contributed by atoms with van der Waals surface area (Å²) in [6, 6.07) is 0.376. The third kappa shape index (κ3) is 2.01. The highest BCUT2D eigenvalue weighted by Crippen LogP contribution is 2.69. The molecule has 4 fully saturated rings. The molecule has 4 rings (SSSR count). The second-order valence-corrected chi connectivity index (χ2v) is 7.06. The summed E-state index contributed by atoms with van der Waals surface area (Å²) in [5.41, 5.74) is 5.79. The van der Waals surface area contributed by atoms with Crippen LogP contribution in [0.1, 0.15) is 38.5 Å². The lowest BCUT2D eigenvalue weighted by Crippen LogP contribution is -2.41. The van der Waals surface area contributed by atoms with Crippen LogP contribution in [0.15, 0.2) is 0 Å². The molecule has 0 aromatic heterocycles. The molecular formula is C15H25ClN2O. The summed E-state index contributed by atoms with van der Waals surface area (Å²) in [7, 11) is 0. The molecule has 19 heavy (non-hydrogen) atoms. The number of hydrogen-bond donors (Lipinski definition) is 2. The number of nitrogens with one attached hydrogen (secondary N) is 1. The Morgan fingerprint density at radius 3 is 2.42 bits per heavy atom. The predicted molar refractivity (Wildman–Crippen MR) is 76.9 cm³/mol. The number of nitrogens with two attached hydrogens (primary N) is 1. The Morgan fingerprint density at radius 1 is 1.11 bits per heavy atom. The Labute approximate surface area is 121 Å². The molecule has 0 aromatic rings. The number of hydrogen-bond acceptors (Lipinski definition) is 2. The summed E-state index contributed by atoms with van der Waals surface area (Å²) in [5.74, 6) is 4.60. The highest BCUT2D eigenvalue weighted by molar-refractivity contribution is 5.85. The van der Waals surface area contributed by atoms with E-state index < -0.39 is 0 Å². The first kappa shape index (κ1) is 13.7. The van der Waals surface area contributed by atoms with Gasteiger partial charge in [0.2, 0.25) is 5.91 Å². The maximum absolute atomic E-state index is 12.4. The van der Waals surface area contributed by atoms with E-state index in [9.17, 15) is 4.79 Å². The molecule has 4 aliphatic rings. The van der Waals surface area contributed by atoms with E-state index in [4.69, 9.17) is 5.73 Å². The highest BCUT2D eigenvalue weighted by Gasteiger charge is 2.67. The quantitative estimate of drug-likeness (QED) is 0.832. The fraction of sp³-hybridized carbons (Fsp3) is 0.933. The van der Waals surface area contributed by atoms with Gasteiger partial charge in [0.1, 0.15) is 0 Å². The molecule has 6 atom stereocenters. The van der Waals surface area contributed by atoms with E-state index in [1.54, 1.807) is 0 Å². The van der Waals surface area contributed by atoms with Crippen LogP contribution >= 0.6 is 12.4 Å². The summed E-state index contributed by atoms with van der Waals surface area (Å²) >= 11 is 0. The number of halogens is 1. The minimum absolute atomic E-state index is 0. The molecule has 3 N–H and O–H groups in total. The van der Waals surface area contributed by atoms with E-state index in [0.717, 1.165) is 36.6 Å². The SMILES string of the molecule is Cl.NCC1CCCC1NC(=O)C1C2C3CCC(C3)C12. The van der Waals surface area contributed by atoms with E-state index in [0.29, 0.717) is 23.8 Å². The molecule has 0 radical (unpaired) electrons. The second kappa shape index (κ2) is 4.92. The standard InChI is InChI=1S/C15H24N2O.ClH/c16-7-10-2-1-3-11(10)17-15(18)14-12-8-4-5-9(6-8)13(12)14;/h8-14H,1-7,16H2,(H,17,18);1H. The van der Waals surface area contributed by atoms with Crippen molar-refractivity contribution in [2.24, 2.45) is 41.2 Å². The molecule has 108 valence electrons. The monoisotopic (exact) mass is 284 g/mol. The van der Waals surface area contributed by atoms with Gasteiger partial charge in [-0.3, -0.25) is 4.79 Å². The van der Waals surface area contributed by atoms with E-state index in [1.165, 1.54) is 32.1 Å². The van der Waals surface area contributed by atoms with Crippen LogP contribution in [-0.2, 0) is 4.79 Å². The molecule has 2 bridgehead atoms. The van der Waals surface area contributed by atoms with Gasteiger partial charge in [-0.25, -0.2) is 0 Å². The molecule has 0 saturated heterocycles. The van der Waals surface area contributed by atoms with Crippen LogP contribution in [-0.4, -0.2) is 18.5 Å². The summed E-state index contributed by atoms with van der Waals surface area (Å²) in [4.78, 5) is 12.4. The van der Waals surface area contributed by atoms with Gasteiger partial charge in [0, 0.05) is 12.0 Å². The van der Waals surface area contributed by atoms with Gasteiger partial charge >= 0.3 is 0 Å². The second-order valence-electron chi connectivity index (χ2n) is 7.06. The van der Waals surface area contributed by atoms with Gasteiger partial charge < -0.3 is 11.1 Å². The predicted octanol–water partition coefficient (Wildman–Crippen LogP) is 1.94. The fourth-order valence-electron chi connectivity index (χ4n) is 5.46. The Kier molecular flexibility index (Phi) is 3.55. The van der Waals surface area contributed by atoms with Crippen molar-refractivity contribution < 1.29 is 4.79 Å². The summed E-state index contributed by atoms with van der Waals surface area (Å²) in [6.45, 7) is 0.730.